The van der Waals surface area contributed by atoms with Crippen LogP contribution in [0.2, 0.25) is 0 Å². The van der Waals surface area contributed by atoms with Gasteiger partial charge >= 0.3 is 12.2 Å². The molecule has 0 saturated heterocycles. The van der Waals surface area contributed by atoms with Crippen molar-refractivity contribution in [1.29, 1.82) is 0 Å². The maximum Gasteiger partial charge on any atom is 0.433 e. The highest BCUT2D eigenvalue weighted by Crippen LogP contribution is 2.35. The van der Waals surface area contributed by atoms with Gasteiger partial charge in [0.05, 0.1) is 0 Å². The Labute approximate surface area is 101 Å². The van der Waals surface area contributed by atoms with Crippen LogP contribution in [0.4, 0.5) is 23.9 Å². The standard InChI is InChI=1S/C10H11F3N4O/c11-10(12,13)7-5-3-1-2-4-6(5)15-9(16-7)17-8(14)18/h1-4H2,(H3,14,15,16,17,18). The first-order valence-electron chi connectivity index (χ1n) is 5.41. The maximum absolute atomic E-state index is 12.9. The first kappa shape index (κ1) is 12.6. The summed E-state index contributed by atoms with van der Waals surface area (Å²) in [4.78, 5) is 17.9. The van der Waals surface area contributed by atoms with Crippen molar-refractivity contribution in [2.75, 3.05) is 5.32 Å². The molecule has 2 rings (SSSR count). The normalized spacial score (nSPS) is 15.1. The number of hydrogen-bond acceptors (Lipinski definition) is 3. The van der Waals surface area contributed by atoms with Gasteiger partial charge < -0.3 is 5.73 Å². The van der Waals surface area contributed by atoms with Gasteiger partial charge in [0, 0.05) is 11.3 Å². The summed E-state index contributed by atoms with van der Waals surface area (Å²) in [5.41, 5.74) is 4.34. The predicted molar refractivity (Wildman–Crippen MR) is 56.9 cm³/mol. The van der Waals surface area contributed by atoms with E-state index in [9.17, 15) is 18.0 Å². The molecule has 0 radical (unpaired) electrons. The van der Waals surface area contributed by atoms with E-state index < -0.39 is 23.8 Å². The lowest BCUT2D eigenvalue weighted by atomic mass is 9.94. The molecule has 0 atom stereocenters. The molecule has 0 spiro atoms. The molecule has 1 aliphatic rings. The molecule has 1 heterocycles. The highest BCUT2D eigenvalue weighted by Gasteiger charge is 2.38. The number of nitrogens with two attached hydrogens (primary N) is 1. The summed E-state index contributed by atoms with van der Waals surface area (Å²) in [5.74, 6) is -0.393. The minimum atomic E-state index is -4.56. The summed E-state index contributed by atoms with van der Waals surface area (Å²) in [7, 11) is 0. The Morgan fingerprint density at radius 1 is 1.22 bits per heavy atom. The monoisotopic (exact) mass is 260 g/mol. The Morgan fingerprint density at radius 2 is 1.89 bits per heavy atom. The minimum absolute atomic E-state index is 0.128. The summed E-state index contributed by atoms with van der Waals surface area (Å²) in [6, 6.07) is -0.987. The zero-order valence-electron chi connectivity index (χ0n) is 9.34. The van der Waals surface area contributed by atoms with E-state index in [2.05, 4.69) is 9.97 Å². The van der Waals surface area contributed by atoms with Gasteiger partial charge in [-0.15, -0.1) is 0 Å². The first-order valence-corrected chi connectivity index (χ1v) is 5.41. The highest BCUT2D eigenvalue weighted by atomic mass is 19.4. The number of hydrogen-bond donors (Lipinski definition) is 2. The molecule has 98 valence electrons. The molecule has 18 heavy (non-hydrogen) atoms. The van der Waals surface area contributed by atoms with E-state index in [0.717, 1.165) is 6.42 Å². The number of carbonyl (C=O) groups is 1. The SMILES string of the molecule is NC(=O)Nc1nc2c(c(C(F)(F)F)n1)CCCC2. The van der Waals surface area contributed by atoms with Crippen LogP contribution < -0.4 is 11.1 Å². The van der Waals surface area contributed by atoms with Crippen molar-refractivity contribution in [3.8, 4) is 0 Å². The number of alkyl halides is 3. The molecular formula is C10H11F3N4O. The maximum atomic E-state index is 12.9. The molecule has 0 bridgehead atoms. The number of fused-ring (bicyclic) bond motifs is 1. The van der Waals surface area contributed by atoms with Crippen molar-refractivity contribution in [1.82, 2.24) is 9.97 Å². The van der Waals surface area contributed by atoms with Crippen molar-refractivity contribution in [3.05, 3.63) is 17.0 Å². The van der Waals surface area contributed by atoms with E-state index in [-0.39, 0.29) is 5.56 Å². The topological polar surface area (TPSA) is 80.9 Å². The summed E-state index contributed by atoms with van der Waals surface area (Å²) in [6.45, 7) is 0. The average Bonchev–Trinajstić information content (AvgIpc) is 2.25. The van der Waals surface area contributed by atoms with Gasteiger partial charge in [0.1, 0.15) is 0 Å². The fourth-order valence-corrected chi connectivity index (χ4v) is 1.99. The molecule has 1 aromatic rings. The summed E-state index contributed by atoms with van der Waals surface area (Å²) in [5, 5.41) is 1.98. The number of anilines is 1. The van der Waals surface area contributed by atoms with Crippen LogP contribution in [0, 0.1) is 0 Å². The summed E-state index contributed by atoms with van der Waals surface area (Å²) in [6.07, 6.45) is -2.34. The van der Waals surface area contributed by atoms with E-state index in [1.165, 1.54) is 0 Å². The van der Waals surface area contributed by atoms with Gasteiger partial charge in [-0.05, 0) is 25.7 Å². The van der Waals surface area contributed by atoms with Crippen LogP contribution in [0.1, 0.15) is 29.8 Å². The third kappa shape index (κ3) is 2.52. The van der Waals surface area contributed by atoms with Crippen LogP contribution in [-0.2, 0) is 19.0 Å². The lowest BCUT2D eigenvalue weighted by Crippen LogP contribution is -2.25. The second kappa shape index (κ2) is 4.43. The first-order chi connectivity index (χ1) is 8.38. The van der Waals surface area contributed by atoms with Crippen LogP contribution in [-0.4, -0.2) is 16.0 Å². The van der Waals surface area contributed by atoms with E-state index in [1.54, 1.807) is 0 Å². The second-order valence-corrected chi connectivity index (χ2v) is 4.02. The van der Waals surface area contributed by atoms with Crippen LogP contribution in [0.3, 0.4) is 0 Å². The fraction of sp³-hybridized carbons (Fsp3) is 0.500. The number of aromatic nitrogens is 2. The van der Waals surface area contributed by atoms with Crippen molar-refractivity contribution in [2.24, 2.45) is 5.73 Å². The molecule has 1 aliphatic carbocycles. The molecule has 3 N–H and O–H groups in total. The van der Waals surface area contributed by atoms with E-state index in [4.69, 9.17) is 5.73 Å². The van der Waals surface area contributed by atoms with Crippen LogP contribution >= 0.6 is 0 Å². The second-order valence-electron chi connectivity index (χ2n) is 4.02. The fourth-order valence-electron chi connectivity index (χ4n) is 1.99. The Bertz CT molecular complexity index is 487. The number of nitrogens with zero attached hydrogens (tertiary/aromatic N) is 2. The molecule has 0 fully saturated rings. The van der Waals surface area contributed by atoms with Crippen molar-refractivity contribution in [3.63, 3.8) is 0 Å². The Morgan fingerprint density at radius 3 is 2.50 bits per heavy atom. The van der Waals surface area contributed by atoms with Crippen LogP contribution in [0.15, 0.2) is 0 Å². The molecule has 0 aromatic carbocycles. The lowest BCUT2D eigenvalue weighted by Gasteiger charge is -2.20. The van der Waals surface area contributed by atoms with Gasteiger partial charge in [0.25, 0.3) is 0 Å². The number of carbonyl (C=O) groups excluding carboxylic acids is 1. The number of urea groups is 1. The van der Waals surface area contributed by atoms with E-state index >= 15 is 0 Å². The average molecular weight is 260 g/mol. The number of nitrogens with one attached hydrogen (secondary N) is 1. The molecule has 0 unspecified atom stereocenters. The number of rotatable bonds is 1. The largest absolute Gasteiger partial charge is 0.433 e. The summed E-state index contributed by atoms with van der Waals surface area (Å²) >= 11 is 0. The van der Waals surface area contributed by atoms with Gasteiger partial charge in [0.15, 0.2) is 5.69 Å². The van der Waals surface area contributed by atoms with Crippen LogP contribution in [0.25, 0.3) is 0 Å². The Balaban J connectivity index is 2.51. The third-order valence-corrected chi connectivity index (χ3v) is 2.69. The van der Waals surface area contributed by atoms with Crippen molar-refractivity contribution in [2.45, 2.75) is 31.9 Å². The minimum Gasteiger partial charge on any atom is -0.351 e. The quantitative estimate of drug-likeness (QED) is 0.808. The zero-order valence-corrected chi connectivity index (χ0v) is 9.34. The van der Waals surface area contributed by atoms with Crippen molar-refractivity contribution < 1.29 is 18.0 Å². The lowest BCUT2D eigenvalue weighted by molar-refractivity contribution is -0.142. The van der Waals surface area contributed by atoms with Gasteiger partial charge in [-0.3, -0.25) is 5.32 Å². The highest BCUT2D eigenvalue weighted by molar-refractivity contribution is 5.85. The van der Waals surface area contributed by atoms with Crippen LogP contribution in [0.5, 0.6) is 0 Å². The molecule has 0 aliphatic heterocycles. The predicted octanol–water partition coefficient (Wildman–Crippen LogP) is 1.86. The number of primary amides is 1. The molecule has 5 nitrogen and oxygen atoms in total. The molecular weight excluding hydrogens is 249 g/mol. The third-order valence-electron chi connectivity index (χ3n) is 2.69. The van der Waals surface area contributed by atoms with Gasteiger partial charge in [0.2, 0.25) is 5.95 Å². The zero-order chi connectivity index (χ0) is 13.3. The van der Waals surface area contributed by atoms with Gasteiger partial charge in [-0.1, -0.05) is 0 Å². The van der Waals surface area contributed by atoms with Gasteiger partial charge in [-0.2, -0.15) is 13.2 Å². The number of amides is 2. The Kier molecular flexibility index (Phi) is 3.10. The molecule has 2 amide bonds. The smallest absolute Gasteiger partial charge is 0.351 e. The van der Waals surface area contributed by atoms with E-state index in [1.807, 2.05) is 5.32 Å². The summed E-state index contributed by atoms with van der Waals surface area (Å²) < 4.78 is 38.6. The van der Waals surface area contributed by atoms with Crippen molar-refractivity contribution >= 4 is 12.0 Å². The molecule has 8 heteroatoms. The number of aryl methyl sites for hydroxylation is 1. The van der Waals surface area contributed by atoms with E-state index in [0.29, 0.717) is 25.0 Å². The Hall–Kier alpha value is -1.86. The molecule has 1 aromatic heterocycles. The molecule has 0 saturated carbocycles. The van der Waals surface area contributed by atoms with Gasteiger partial charge in [-0.25, -0.2) is 14.8 Å². The number of halogens is 3.